The quantitative estimate of drug-likeness (QED) is 0.888. The molecule has 2 N–H and O–H groups in total. The van der Waals surface area contributed by atoms with E-state index in [9.17, 15) is 4.79 Å². The summed E-state index contributed by atoms with van der Waals surface area (Å²) in [6.45, 7) is 2.13. The molecule has 2 aliphatic rings. The minimum Gasteiger partial charge on any atom is -0.495 e. The first-order chi connectivity index (χ1) is 10.2. The Hall–Kier alpha value is -1.71. The number of hydrogen-bond donors (Lipinski definition) is 2. The highest BCUT2D eigenvalue weighted by molar-refractivity contribution is 5.91. The molecule has 2 saturated carbocycles. The van der Waals surface area contributed by atoms with E-state index in [0.29, 0.717) is 17.4 Å². The Labute approximate surface area is 126 Å². The molecule has 0 unspecified atom stereocenters. The Balaban J connectivity index is 1.56. The lowest BCUT2D eigenvalue weighted by Crippen LogP contribution is -2.42. The summed E-state index contributed by atoms with van der Waals surface area (Å²) < 4.78 is 5.25. The van der Waals surface area contributed by atoms with Gasteiger partial charge in [0.15, 0.2) is 0 Å². The van der Waals surface area contributed by atoms with Crippen LogP contribution in [0.3, 0.4) is 0 Å². The van der Waals surface area contributed by atoms with Crippen molar-refractivity contribution in [1.29, 1.82) is 0 Å². The van der Waals surface area contributed by atoms with E-state index in [-0.39, 0.29) is 12.1 Å². The van der Waals surface area contributed by atoms with E-state index in [4.69, 9.17) is 4.74 Å². The van der Waals surface area contributed by atoms with Crippen molar-refractivity contribution >= 4 is 11.7 Å². The molecule has 0 heterocycles. The SMILES string of the molecule is COc1ccccc1NC(=O)N[C@@H](C)[C@H]1C[C@H]2CC[C@H]1C2. The second kappa shape index (κ2) is 5.96. The summed E-state index contributed by atoms with van der Waals surface area (Å²) >= 11 is 0. The maximum atomic E-state index is 12.2. The number of urea groups is 1. The number of hydrogen-bond acceptors (Lipinski definition) is 2. The van der Waals surface area contributed by atoms with Crippen LogP contribution in [0, 0.1) is 17.8 Å². The zero-order valence-corrected chi connectivity index (χ0v) is 12.8. The van der Waals surface area contributed by atoms with Crippen molar-refractivity contribution in [1.82, 2.24) is 5.32 Å². The molecule has 2 fully saturated rings. The number of nitrogens with one attached hydrogen (secondary N) is 2. The van der Waals surface area contributed by atoms with E-state index < -0.39 is 0 Å². The van der Waals surface area contributed by atoms with E-state index in [1.165, 1.54) is 25.7 Å². The predicted octanol–water partition coefficient (Wildman–Crippen LogP) is 3.64. The van der Waals surface area contributed by atoms with Crippen molar-refractivity contribution in [2.45, 2.75) is 38.6 Å². The van der Waals surface area contributed by atoms with Gasteiger partial charge in [-0.2, -0.15) is 0 Å². The highest BCUT2D eigenvalue weighted by Gasteiger charge is 2.42. The average Bonchev–Trinajstić information content (AvgIpc) is 3.10. The van der Waals surface area contributed by atoms with Crippen LogP contribution in [0.15, 0.2) is 24.3 Å². The number of rotatable bonds is 4. The van der Waals surface area contributed by atoms with Gasteiger partial charge in [0.2, 0.25) is 0 Å². The predicted molar refractivity (Wildman–Crippen MR) is 83.5 cm³/mol. The molecule has 2 aliphatic carbocycles. The normalized spacial score (nSPS) is 28.2. The lowest BCUT2D eigenvalue weighted by atomic mass is 9.84. The van der Waals surface area contributed by atoms with Crippen molar-refractivity contribution < 1.29 is 9.53 Å². The highest BCUT2D eigenvalue weighted by atomic mass is 16.5. The molecular formula is C17H24N2O2. The minimum atomic E-state index is -0.144. The van der Waals surface area contributed by atoms with Crippen molar-refractivity contribution in [2.24, 2.45) is 17.8 Å². The van der Waals surface area contributed by atoms with Crippen molar-refractivity contribution in [3.63, 3.8) is 0 Å². The largest absolute Gasteiger partial charge is 0.495 e. The Morgan fingerprint density at radius 3 is 2.76 bits per heavy atom. The molecule has 114 valence electrons. The molecule has 0 aromatic heterocycles. The smallest absolute Gasteiger partial charge is 0.319 e. The fraction of sp³-hybridized carbons (Fsp3) is 0.588. The first kappa shape index (κ1) is 14.2. The lowest BCUT2D eigenvalue weighted by Gasteiger charge is -2.28. The molecule has 0 spiro atoms. The van der Waals surface area contributed by atoms with Crippen LogP contribution >= 0.6 is 0 Å². The van der Waals surface area contributed by atoms with Gasteiger partial charge in [-0.3, -0.25) is 0 Å². The van der Waals surface area contributed by atoms with Crippen LogP contribution in [0.2, 0.25) is 0 Å². The molecule has 2 bridgehead atoms. The second-order valence-electron chi connectivity index (χ2n) is 6.43. The van der Waals surface area contributed by atoms with E-state index in [1.54, 1.807) is 7.11 Å². The Morgan fingerprint density at radius 2 is 2.10 bits per heavy atom. The van der Waals surface area contributed by atoms with Crippen LogP contribution in [0.25, 0.3) is 0 Å². The fourth-order valence-corrected chi connectivity index (χ4v) is 4.13. The number of anilines is 1. The zero-order chi connectivity index (χ0) is 14.8. The van der Waals surface area contributed by atoms with E-state index >= 15 is 0 Å². The Morgan fingerprint density at radius 1 is 1.29 bits per heavy atom. The van der Waals surface area contributed by atoms with Crippen LogP contribution in [0.1, 0.15) is 32.6 Å². The number of methoxy groups -OCH3 is 1. The number of ether oxygens (including phenoxy) is 1. The first-order valence-corrected chi connectivity index (χ1v) is 7.88. The maximum Gasteiger partial charge on any atom is 0.319 e. The molecule has 0 aliphatic heterocycles. The van der Waals surface area contributed by atoms with Gasteiger partial charge >= 0.3 is 6.03 Å². The summed E-state index contributed by atoms with van der Waals surface area (Å²) in [5, 5.41) is 5.99. The van der Waals surface area contributed by atoms with Crippen LogP contribution in [0.5, 0.6) is 5.75 Å². The average molecular weight is 288 g/mol. The molecule has 4 nitrogen and oxygen atoms in total. The fourth-order valence-electron chi connectivity index (χ4n) is 4.13. The summed E-state index contributed by atoms with van der Waals surface area (Å²) in [4.78, 5) is 12.2. The van der Waals surface area contributed by atoms with Crippen LogP contribution in [0.4, 0.5) is 10.5 Å². The molecule has 2 amide bonds. The van der Waals surface area contributed by atoms with Gasteiger partial charge in [0, 0.05) is 6.04 Å². The summed E-state index contributed by atoms with van der Waals surface area (Å²) in [5.41, 5.74) is 0.706. The monoisotopic (exact) mass is 288 g/mol. The molecule has 21 heavy (non-hydrogen) atoms. The van der Waals surface area contributed by atoms with Crippen molar-refractivity contribution in [3.8, 4) is 5.75 Å². The van der Waals surface area contributed by atoms with Gasteiger partial charge in [-0.05, 0) is 56.1 Å². The van der Waals surface area contributed by atoms with Gasteiger partial charge < -0.3 is 15.4 Å². The van der Waals surface area contributed by atoms with Gasteiger partial charge in [-0.25, -0.2) is 4.79 Å². The van der Waals surface area contributed by atoms with E-state index in [1.807, 2.05) is 24.3 Å². The number of fused-ring (bicyclic) bond motifs is 2. The van der Waals surface area contributed by atoms with E-state index in [0.717, 1.165) is 11.8 Å². The number of carbonyl (C=O) groups excluding carboxylic acids is 1. The van der Waals surface area contributed by atoms with Crippen molar-refractivity contribution in [2.75, 3.05) is 12.4 Å². The molecule has 4 heteroatoms. The van der Waals surface area contributed by atoms with Crippen LogP contribution in [-0.4, -0.2) is 19.2 Å². The maximum absolute atomic E-state index is 12.2. The van der Waals surface area contributed by atoms with E-state index in [2.05, 4.69) is 17.6 Å². The van der Waals surface area contributed by atoms with Crippen molar-refractivity contribution in [3.05, 3.63) is 24.3 Å². The molecule has 3 rings (SSSR count). The molecular weight excluding hydrogens is 264 g/mol. The number of para-hydroxylation sites is 2. The van der Waals surface area contributed by atoms with Gasteiger partial charge in [0.05, 0.1) is 12.8 Å². The first-order valence-electron chi connectivity index (χ1n) is 7.88. The summed E-state index contributed by atoms with van der Waals surface area (Å²) in [6.07, 6.45) is 5.38. The third kappa shape index (κ3) is 2.99. The van der Waals surface area contributed by atoms with Gasteiger partial charge in [0.25, 0.3) is 0 Å². The highest BCUT2D eigenvalue weighted by Crippen LogP contribution is 2.49. The molecule has 0 saturated heterocycles. The summed E-state index contributed by atoms with van der Waals surface area (Å²) in [7, 11) is 1.61. The Bertz CT molecular complexity index is 517. The molecule has 0 radical (unpaired) electrons. The van der Waals surface area contributed by atoms with Gasteiger partial charge in [-0.15, -0.1) is 0 Å². The van der Waals surface area contributed by atoms with Crippen LogP contribution < -0.4 is 15.4 Å². The Kier molecular flexibility index (Phi) is 4.04. The topological polar surface area (TPSA) is 50.4 Å². The summed E-state index contributed by atoms with van der Waals surface area (Å²) in [6, 6.07) is 7.55. The number of carbonyl (C=O) groups is 1. The number of amides is 2. The second-order valence-corrected chi connectivity index (χ2v) is 6.43. The zero-order valence-electron chi connectivity index (χ0n) is 12.8. The third-order valence-electron chi connectivity index (χ3n) is 5.15. The van der Waals surface area contributed by atoms with Gasteiger partial charge in [0.1, 0.15) is 5.75 Å². The minimum absolute atomic E-state index is 0.144. The van der Waals surface area contributed by atoms with Gasteiger partial charge in [-0.1, -0.05) is 18.6 Å². The third-order valence-corrected chi connectivity index (χ3v) is 5.15. The summed E-state index contributed by atoms with van der Waals surface area (Å²) in [5.74, 6) is 3.05. The lowest BCUT2D eigenvalue weighted by molar-refractivity contribution is 0.230. The van der Waals surface area contributed by atoms with Crippen LogP contribution in [-0.2, 0) is 0 Å². The molecule has 1 aromatic carbocycles. The molecule has 4 atom stereocenters. The standard InChI is InChI=1S/C17H24N2O2/c1-11(14-10-12-7-8-13(14)9-12)18-17(20)19-15-5-3-4-6-16(15)21-2/h3-6,11-14H,7-10H2,1-2H3,(H2,18,19,20)/t11-,12-,13-,14+/m0/s1. The number of benzene rings is 1. The molecule has 1 aromatic rings.